The molecule has 7 nitrogen and oxygen atoms in total. The normalized spacial score (nSPS) is 23.4. The Hall–Kier alpha value is -3.26. The SMILES string of the molecule is Cc1cc(-n2c(C3CCOCC3)c([C@H]3C[C@](C)(C(=O)O)C3)c3nc4[nH]ncc4cc32)ccc1F. The lowest BCUT2D eigenvalue weighted by Crippen LogP contribution is -2.40. The molecule has 0 bridgehead atoms. The standard InChI is InChI=1S/C26H27FN4O3/c1-14-9-18(3-4-19(14)27)31-20-10-16-13-28-30-24(16)29-22(20)21(17-11-26(2,12-17)25(32)33)23(31)15-5-7-34-8-6-15/h3-4,9-10,13,15,17H,5-8,11-12H2,1-2H3,(H,32,33)(H,28,29,30)/t17-,26-. The van der Waals surface area contributed by atoms with Crippen LogP contribution in [0.15, 0.2) is 30.5 Å². The number of aryl methyl sites for hydroxylation is 1. The van der Waals surface area contributed by atoms with Crippen molar-refractivity contribution >= 4 is 28.0 Å². The second-order valence-electron chi connectivity index (χ2n) is 10.1. The number of pyridine rings is 1. The van der Waals surface area contributed by atoms with Crippen LogP contribution in [-0.4, -0.2) is 44.0 Å². The van der Waals surface area contributed by atoms with Crippen LogP contribution in [-0.2, 0) is 9.53 Å². The molecule has 0 atom stereocenters. The third kappa shape index (κ3) is 3.15. The number of aliphatic carboxylic acids is 1. The molecule has 1 aliphatic carbocycles. The summed E-state index contributed by atoms with van der Waals surface area (Å²) in [4.78, 5) is 16.9. The Bertz CT molecular complexity index is 1430. The summed E-state index contributed by atoms with van der Waals surface area (Å²) < 4.78 is 22.1. The summed E-state index contributed by atoms with van der Waals surface area (Å²) in [6.07, 6.45) is 4.66. The summed E-state index contributed by atoms with van der Waals surface area (Å²) in [7, 11) is 0. The highest BCUT2D eigenvalue weighted by Gasteiger charge is 2.49. The van der Waals surface area contributed by atoms with Crippen molar-refractivity contribution in [3.05, 3.63) is 53.1 Å². The first-order valence-electron chi connectivity index (χ1n) is 11.8. The van der Waals surface area contributed by atoms with Gasteiger partial charge in [-0.1, -0.05) is 0 Å². The van der Waals surface area contributed by atoms with Gasteiger partial charge in [-0.15, -0.1) is 0 Å². The highest BCUT2D eigenvalue weighted by molar-refractivity contribution is 5.94. The fourth-order valence-corrected chi connectivity index (χ4v) is 5.84. The van der Waals surface area contributed by atoms with E-state index in [1.54, 1.807) is 13.1 Å². The van der Waals surface area contributed by atoms with Gasteiger partial charge in [0.05, 0.1) is 22.6 Å². The van der Waals surface area contributed by atoms with Crippen LogP contribution in [0.4, 0.5) is 4.39 Å². The van der Waals surface area contributed by atoms with Gasteiger partial charge in [0.2, 0.25) is 0 Å². The molecule has 6 rings (SSSR count). The largest absolute Gasteiger partial charge is 0.481 e. The van der Waals surface area contributed by atoms with Crippen LogP contribution in [0, 0.1) is 18.2 Å². The van der Waals surface area contributed by atoms with Crippen LogP contribution in [0.3, 0.4) is 0 Å². The van der Waals surface area contributed by atoms with Gasteiger partial charge in [-0.3, -0.25) is 9.89 Å². The first-order valence-corrected chi connectivity index (χ1v) is 11.8. The highest BCUT2D eigenvalue weighted by atomic mass is 19.1. The van der Waals surface area contributed by atoms with E-state index in [2.05, 4.69) is 20.8 Å². The maximum absolute atomic E-state index is 14.2. The molecule has 1 aromatic carbocycles. The maximum Gasteiger partial charge on any atom is 0.309 e. The monoisotopic (exact) mass is 462 g/mol. The van der Waals surface area contributed by atoms with E-state index in [1.807, 2.05) is 19.1 Å². The van der Waals surface area contributed by atoms with Gasteiger partial charge in [-0.25, -0.2) is 9.37 Å². The molecule has 2 aliphatic rings. The Kier molecular flexibility index (Phi) is 4.78. The van der Waals surface area contributed by atoms with Crippen LogP contribution in [0.5, 0.6) is 0 Å². The molecule has 0 radical (unpaired) electrons. The lowest BCUT2D eigenvalue weighted by atomic mass is 9.60. The highest BCUT2D eigenvalue weighted by Crippen LogP contribution is 2.55. The lowest BCUT2D eigenvalue weighted by molar-refractivity contribution is -0.154. The van der Waals surface area contributed by atoms with E-state index in [1.165, 1.54) is 6.07 Å². The number of hydrogen-bond acceptors (Lipinski definition) is 4. The number of ether oxygens (including phenoxy) is 1. The van der Waals surface area contributed by atoms with Crippen LogP contribution in [0.2, 0.25) is 0 Å². The second kappa shape index (κ2) is 7.63. The van der Waals surface area contributed by atoms with Crippen LogP contribution in [0.1, 0.15) is 61.3 Å². The zero-order chi connectivity index (χ0) is 23.6. The van der Waals surface area contributed by atoms with E-state index in [9.17, 15) is 14.3 Å². The second-order valence-corrected chi connectivity index (χ2v) is 10.1. The van der Waals surface area contributed by atoms with Crippen molar-refractivity contribution < 1.29 is 19.0 Å². The number of H-pyrrole nitrogens is 1. The number of benzene rings is 1. The van der Waals surface area contributed by atoms with E-state index >= 15 is 0 Å². The first-order chi connectivity index (χ1) is 16.4. The lowest BCUT2D eigenvalue weighted by Gasteiger charge is -2.42. The predicted molar refractivity (Wildman–Crippen MR) is 126 cm³/mol. The molecule has 1 aliphatic heterocycles. The molecular weight excluding hydrogens is 435 g/mol. The van der Waals surface area contributed by atoms with Gasteiger partial charge in [0.15, 0.2) is 5.65 Å². The molecule has 176 valence electrons. The van der Waals surface area contributed by atoms with E-state index in [0.29, 0.717) is 37.3 Å². The minimum absolute atomic E-state index is 0.0945. The number of aromatic nitrogens is 4. The molecule has 1 saturated carbocycles. The molecule has 2 N–H and O–H groups in total. The zero-order valence-corrected chi connectivity index (χ0v) is 19.3. The van der Waals surface area contributed by atoms with Crippen molar-refractivity contribution in [1.82, 2.24) is 19.7 Å². The number of rotatable bonds is 4. The molecule has 0 amide bonds. The molecule has 8 heteroatoms. The number of nitrogens with zero attached hydrogens (tertiary/aromatic N) is 3. The Morgan fingerprint density at radius 2 is 2.00 bits per heavy atom. The number of carboxylic acid groups (broad SMARTS) is 1. The molecule has 2 fully saturated rings. The van der Waals surface area contributed by atoms with Gasteiger partial charge >= 0.3 is 5.97 Å². The fraction of sp³-hybridized carbons (Fsp3) is 0.423. The molecule has 4 aromatic rings. The Morgan fingerprint density at radius 1 is 1.24 bits per heavy atom. The fourth-order valence-electron chi connectivity index (χ4n) is 5.84. The quantitative estimate of drug-likeness (QED) is 0.434. The van der Waals surface area contributed by atoms with Crippen LogP contribution >= 0.6 is 0 Å². The number of nitrogens with one attached hydrogen (secondary N) is 1. The van der Waals surface area contributed by atoms with E-state index in [0.717, 1.165) is 46.2 Å². The first kappa shape index (κ1) is 21.3. The molecule has 34 heavy (non-hydrogen) atoms. The molecule has 0 spiro atoms. The summed E-state index contributed by atoms with van der Waals surface area (Å²) in [5.41, 5.74) is 5.56. The van der Waals surface area contributed by atoms with Gasteiger partial charge in [0, 0.05) is 41.5 Å². The third-order valence-electron chi connectivity index (χ3n) is 7.74. The average molecular weight is 463 g/mol. The number of aromatic amines is 1. The van der Waals surface area contributed by atoms with Crippen molar-refractivity contribution in [3.8, 4) is 5.69 Å². The van der Waals surface area contributed by atoms with Crippen molar-refractivity contribution in [2.75, 3.05) is 13.2 Å². The smallest absolute Gasteiger partial charge is 0.309 e. The van der Waals surface area contributed by atoms with Crippen LogP contribution < -0.4 is 0 Å². The summed E-state index contributed by atoms with van der Waals surface area (Å²) >= 11 is 0. The number of hydrogen-bond donors (Lipinski definition) is 2. The minimum Gasteiger partial charge on any atom is -0.481 e. The van der Waals surface area contributed by atoms with Gasteiger partial charge in [0.1, 0.15) is 5.82 Å². The van der Waals surface area contributed by atoms with Gasteiger partial charge in [-0.2, -0.15) is 5.10 Å². The van der Waals surface area contributed by atoms with E-state index in [4.69, 9.17) is 9.72 Å². The summed E-state index contributed by atoms with van der Waals surface area (Å²) in [5.74, 6) is -0.647. The number of carboxylic acids is 1. The van der Waals surface area contributed by atoms with Crippen molar-refractivity contribution in [1.29, 1.82) is 0 Å². The van der Waals surface area contributed by atoms with Crippen molar-refractivity contribution in [3.63, 3.8) is 0 Å². The van der Waals surface area contributed by atoms with Gasteiger partial charge in [-0.05, 0) is 75.3 Å². The average Bonchev–Trinajstić information content (AvgIpc) is 3.39. The zero-order valence-electron chi connectivity index (χ0n) is 19.3. The minimum atomic E-state index is -0.752. The topological polar surface area (TPSA) is 93.0 Å². The summed E-state index contributed by atoms with van der Waals surface area (Å²) in [6.45, 7) is 4.97. The predicted octanol–water partition coefficient (Wildman–Crippen LogP) is 5.21. The molecule has 4 heterocycles. The van der Waals surface area contributed by atoms with E-state index in [-0.39, 0.29) is 17.7 Å². The molecular formula is C26H27FN4O3. The molecule has 3 aromatic heterocycles. The van der Waals surface area contributed by atoms with Crippen molar-refractivity contribution in [2.24, 2.45) is 5.41 Å². The number of carbonyl (C=O) groups is 1. The summed E-state index contributed by atoms with van der Waals surface area (Å²) in [5, 5.41) is 17.8. The Labute approximate surface area is 195 Å². The Balaban J connectivity index is 1.65. The molecule has 0 unspecified atom stereocenters. The summed E-state index contributed by atoms with van der Waals surface area (Å²) in [6, 6.07) is 7.29. The van der Waals surface area contributed by atoms with Gasteiger partial charge < -0.3 is 14.4 Å². The Morgan fingerprint density at radius 3 is 2.71 bits per heavy atom. The van der Waals surface area contributed by atoms with Crippen molar-refractivity contribution in [2.45, 2.75) is 51.4 Å². The van der Waals surface area contributed by atoms with E-state index < -0.39 is 11.4 Å². The maximum atomic E-state index is 14.2. The number of fused-ring (bicyclic) bond motifs is 2. The van der Waals surface area contributed by atoms with Gasteiger partial charge in [0.25, 0.3) is 0 Å². The molecule has 1 saturated heterocycles. The van der Waals surface area contributed by atoms with Crippen LogP contribution in [0.25, 0.3) is 27.8 Å². The number of halogens is 1. The third-order valence-corrected chi connectivity index (χ3v) is 7.74.